The van der Waals surface area contributed by atoms with E-state index in [9.17, 15) is 9.90 Å². The van der Waals surface area contributed by atoms with Crippen LogP contribution in [0.1, 0.15) is 53.5 Å². The Morgan fingerprint density at radius 2 is 1.97 bits per heavy atom. The lowest BCUT2D eigenvalue weighted by atomic mass is 9.71. The molecule has 2 aromatic rings. The van der Waals surface area contributed by atoms with Crippen LogP contribution in [0.3, 0.4) is 0 Å². The summed E-state index contributed by atoms with van der Waals surface area (Å²) in [6.45, 7) is 10.8. The number of allylic oxidation sites excluding steroid dienone is 9. The lowest BCUT2D eigenvalue weighted by molar-refractivity contribution is -0.112. The van der Waals surface area contributed by atoms with Gasteiger partial charge in [0.25, 0.3) is 0 Å². The Bertz CT molecular complexity index is 1160. The van der Waals surface area contributed by atoms with Crippen molar-refractivity contribution in [3.8, 4) is 5.75 Å². The predicted octanol–water partition coefficient (Wildman–Crippen LogP) is 6.91. The molecule has 1 atom stereocenters. The first-order valence-electron chi connectivity index (χ1n) is 11.7. The summed E-state index contributed by atoms with van der Waals surface area (Å²) >= 11 is 0. The Labute approximate surface area is 202 Å². The Balaban J connectivity index is 1.67. The quantitative estimate of drug-likeness (QED) is 0.270. The van der Waals surface area contributed by atoms with Crippen molar-refractivity contribution in [1.29, 1.82) is 0 Å². The van der Waals surface area contributed by atoms with Crippen LogP contribution in [-0.4, -0.2) is 20.6 Å². The third-order valence-electron chi connectivity index (χ3n) is 6.33. The summed E-state index contributed by atoms with van der Waals surface area (Å²) in [5.74, 6) is -0.232. The average Bonchev–Trinajstić information content (AvgIpc) is 3.29. The Kier molecular flexibility index (Phi) is 8.11. The first-order chi connectivity index (χ1) is 16.2. The van der Waals surface area contributed by atoms with Gasteiger partial charge in [-0.3, -0.25) is 4.79 Å². The third kappa shape index (κ3) is 6.47. The van der Waals surface area contributed by atoms with E-state index in [4.69, 9.17) is 0 Å². The van der Waals surface area contributed by atoms with E-state index in [0.29, 0.717) is 11.7 Å². The maximum Gasteiger partial charge on any atom is 0.248 e. The molecule has 5 heteroatoms. The number of nitrogens with zero attached hydrogens (tertiary/aromatic N) is 2. The lowest BCUT2D eigenvalue weighted by Crippen LogP contribution is -2.25. The van der Waals surface area contributed by atoms with Gasteiger partial charge in [-0.2, -0.15) is 0 Å². The molecule has 3 rings (SSSR count). The number of rotatable bonds is 7. The van der Waals surface area contributed by atoms with Gasteiger partial charge in [-0.25, -0.2) is 4.98 Å². The highest BCUT2D eigenvalue weighted by Gasteiger charge is 2.32. The molecule has 178 valence electrons. The van der Waals surface area contributed by atoms with E-state index in [0.717, 1.165) is 24.0 Å². The number of benzene rings is 1. The number of phenolic OH excluding ortho intramolecular Hbond substituents is 1. The maximum atomic E-state index is 12.2. The van der Waals surface area contributed by atoms with Gasteiger partial charge >= 0.3 is 0 Å². The number of aromatic nitrogens is 2. The normalized spacial score (nSPS) is 19.3. The first-order valence-corrected chi connectivity index (χ1v) is 11.7. The van der Waals surface area contributed by atoms with Crippen molar-refractivity contribution >= 4 is 11.6 Å². The fraction of sp³-hybridized carbons (Fsp3) is 0.310. The molecular formula is C29H35N3O2. The van der Waals surface area contributed by atoms with E-state index in [1.165, 1.54) is 23.3 Å². The van der Waals surface area contributed by atoms with Gasteiger partial charge in [0.1, 0.15) is 5.75 Å². The Morgan fingerprint density at radius 1 is 1.21 bits per heavy atom. The number of carbonyl (C=O) groups excluding carboxylic acids is 1. The van der Waals surface area contributed by atoms with Crippen LogP contribution in [0.15, 0.2) is 102 Å². The molecule has 34 heavy (non-hydrogen) atoms. The van der Waals surface area contributed by atoms with Gasteiger partial charge in [0.2, 0.25) is 5.91 Å². The highest BCUT2D eigenvalue weighted by atomic mass is 16.3. The van der Waals surface area contributed by atoms with Crippen molar-refractivity contribution in [3.63, 3.8) is 0 Å². The van der Waals surface area contributed by atoms with E-state index < -0.39 is 0 Å². The van der Waals surface area contributed by atoms with E-state index in [1.807, 2.05) is 43.9 Å². The van der Waals surface area contributed by atoms with Crippen molar-refractivity contribution in [2.75, 3.05) is 5.32 Å². The number of aromatic hydroxyl groups is 1. The van der Waals surface area contributed by atoms with Crippen LogP contribution in [0.5, 0.6) is 5.75 Å². The number of phenols is 1. The minimum Gasteiger partial charge on any atom is -0.506 e. The summed E-state index contributed by atoms with van der Waals surface area (Å²) in [4.78, 5) is 16.4. The number of anilines is 1. The van der Waals surface area contributed by atoms with Crippen molar-refractivity contribution in [2.24, 2.45) is 5.41 Å². The second-order valence-electron chi connectivity index (χ2n) is 9.54. The fourth-order valence-corrected chi connectivity index (χ4v) is 4.37. The molecule has 0 saturated heterocycles. The molecule has 2 N–H and O–H groups in total. The van der Waals surface area contributed by atoms with E-state index in [-0.39, 0.29) is 17.1 Å². The standard InChI is InChI=1S/C29H35N3O2/c1-21(9-8-10-22(2)19-28(34)31-25-11-6-7-12-27(25)33)13-14-24-23(3)26(15-16-29(24,4)5)32-18-17-30-20-32/h6-14,17-20,26,33H,15-16H2,1-5H3,(H,31,34)/b10-8+,14-13+,21-9+,22-19+. The van der Waals surface area contributed by atoms with Crippen LogP contribution in [0.2, 0.25) is 0 Å². The van der Waals surface area contributed by atoms with Crippen molar-refractivity contribution < 1.29 is 9.90 Å². The van der Waals surface area contributed by atoms with Gasteiger partial charge < -0.3 is 15.0 Å². The molecule has 0 bridgehead atoms. The monoisotopic (exact) mass is 457 g/mol. The molecule has 1 heterocycles. The van der Waals surface area contributed by atoms with Gasteiger partial charge in [-0.1, -0.05) is 61.9 Å². The van der Waals surface area contributed by atoms with Gasteiger partial charge in [0, 0.05) is 18.5 Å². The molecular weight excluding hydrogens is 422 g/mol. The third-order valence-corrected chi connectivity index (χ3v) is 6.33. The molecule has 1 unspecified atom stereocenters. The molecule has 0 saturated carbocycles. The van der Waals surface area contributed by atoms with Gasteiger partial charge in [0.15, 0.2) is 0 Å². The number of imidazole rings is 1. The smallest absolute Gasteiger partial charge is 0.248 e. The summed E-state index contributed by atoms with van der Waals surface area (Å²) in [6.07, 6.45) is 19.8. The van der Waals surface area contributed by atoms with Gasteiger partial charge in [-0.05, 0) is 67.9 Å². The summed E-state index contributed by atoms with van der Waals surface area (Å²) in [5, 5.41) is 12.5. The summed E-state index contributed by atoms with van der Waals surface area (Å²) in [6, 6.07) is 7.03. The minimum atomic E-state index is -0.279. The summed E-state index contributed by atoms with van der Waals surface area (Å²) in [5.41, 5.74) is 5.24. The molecule has 0 spiro atoms. The molecule has 0 fully saturated rings. The van der Waals surface area contributed by atoms with Gasteiger partial charge in [-0.15, -0.1) is 0 Å². The molecule has 1 aromatic carbocycles. The van der Waals surface area contributed by atoms with Crippen LogP contribution < -0.4 is 5.32 Å². The molecule has 5 nitrogen and oxygen atoms in total. The second kappa shape index (κ2) is 11.0. The van der Waals surface area contributed by atoms with E-state index in [1.54, 1.807) is 18.2 Å². The van der Waals surface area contributed by atoms with Crippen molar-refractivity contribution in [1.82, 2.24) is 9.55 Å². The number of amides is 1. The second-order valence-corrected chi connectivity index (χ2v) is 9.54. The molecule has 1 aliphatic carbocycles. The van der Waals surface area contributed by atoms with Crippen LogP contribution in [0.25, 0.3) is 0 Å². The van der Waals surface area contributed by atoms with E-state index in [2.05, 4.69) is 54.7 Å². The largest absolute Gasteiger partial charge is 0.506 e. The zero-order valence-electron chi connectivity index (χ0n) is 20.7. The number of hydrogen-bond acceptors (Lipinski definition) is 3. The van der Waals surface area contributed by atoms with Crippen LogP contribution >= 0.6 is 0 Å². The SMILES string of the molecule is CC1=C(/C=C/C(C)=C/C=C/C(C)=C/C(=O)Nc2ccccc2O)C(C)(C)CCC1n1ccnc1. The Hall–Kier alpha value is -3.60. The number of carbonyl (C=O) groups is 1. The lowest BCUT2D eigenvalue weighted by Gasteiger charge is -2.37. The Morgan fingerprint density at radius 3 is 2.68 bits per heavy atom. The summed E-state index contributed by atoms with van der Waals surface area (Å²) < 4.78 is 2.20. The van der Waals surface area contributed by atoms with E-state index >= 15 is 0 Å². The number of nitrogens with one attached hydrogen (secondary N) is 1. The summed E-state index contributed by atoms with van der Waals surface area (Å²) in [7, 11) is 0. The average molecular weight is 458 g/mol. The fourth-order valence-electron chi connectivity index (χ4n) is 4.37. The highest BCUT2D eigenvalue weighted by molar-refractivity contribution is 6.00. The zero-order chi connectivity index (χ0) is 24.7. The van der Waals surface area contributed by atoms with Crippen LogP contribution in [0.4, 0.5) is 5.69 Å². The zero-order valence-corrected chi connectivity index (χ0v) is 20.7. The van der Waals surface area contributed by atoms with Crippen LogP contribution in [0, 0.1) is 5.41 Å². The molecule has 1 aromatic heterocycles. The number of para-hydroxylation sites is 2. The molecule has 1 aliphatic rings. The highest BCUT2D eigenvalue weighted by Crippen LogP contribution is 2.45. The first kappa shape index (κ1) is 25.0. The maximum absolute atomic E-state index is 12.2. The number of hydrogen-bond donors (Lipinski definition) is 2. The predicted molar refractivity (Wildman–Crippen MR) is 140 cm³/mol. The van der Waals surface area contributed by atoms with Crippen molar-refractivity contribution in [3.05, 3.63) is 102 Å². The van der Waals surface area contributed by atoms with Gasteiger partial charge in [0.05, 0.1) is 18.1 Å². The molecule has 1 amide bonds. The van der Waals surface area contributed by atoms with Crippen LogP contribution in [-0.2, 0) is 4.79 Å². The molecule has 0 radical (unpaired) electrons. The minimum absolute atomic E-state index is 0.0469. The molecule has 0 aliphatic heterocycles. The topological polar surface area (TPSA) is 67.2 Å². The van der Waals surface area contributed by atoms with Crippen molar-refractivity contribution in [2.45, 2.75) is 53.5 Å².